The average Bonchev–Trinajstić information content (AvgIpc) is 2.96. The first-order chi connectivity index (χ1) is 19.9. The molecule has 0 aliphatic heterocycles. The van der Waals surface area contributed by atoms with E-state index in [1.54, 1.807) is 0 Å². The van der Waals surface area contributed by atoms with E-state index >= 15 is 0 Å². The van der Waals surface area contributed by atoms with Crippen molar-refractivity contribution in [1.82, 2.24) is 0 Å². The van der Waals surface area contributed by atoms with Crippen molar-refractivity contribution < 1.29 is 23.9 Å². The maximum Gasteiger partial charge on any atom is 0.323 e. The molecule has 0 heterocycles. The fourth-order valence-corrected chi connectivity index (χ4v) is 5.20. The summed E-state index contributed by atoms with van der Waals surface area (Å²) in [7, 11) is 0. The Bertz CT molecular complexity index is 624. The van der Waals surface area contributed by atoms with Crippen LogP contribution in [0.25, 0.3) is 0 Å². The van der Waals surface area contributed by atoms with Crippen molar-refractivity contribution in [3.63, 3.8) is 0 Å². The van der Waals surface area contributed by atoms with Crippen LogP contribution in [-0.2, 0) is 23.9 Å². The van der Waals surface area contributed by atoms with Crippen molar-refractivity contribution in [3.05, 3.63) is 0 Å². The summed E-state index contributed by atoms with van der Waals surface area (Å²) < 4.78 is 10.8. The molecular weight excluding hydrogens is 514 g/mol. The molecule has 0 aliphatic carbocycles. The number of nitrogens with two attached hydrogens (primary N) is 1. The van der Waals surface area contributed by atoms with Gasteiger partial charge in [0.1, 0.15) is 12.1 Å². The van der Waals surface area contributed by atoms with Crippen molar-refractivity contribution >= 4 is 17.9 Å². The van der Waals surface area contributed by atoms with Gasteiger partial charge >= 0.3 is 17.9 Å². The van der Waals surface area contributed by atoms with Crippen LogP contribution in [0.2, 0.25) is 0 Å². The van der Waals surface area contributed by atoms with Gasteiger partial charge in [-0.25, -0.2) is 0 Å². The number of carbonyl (C=O) groups excluding carboxylic acids is 3. The fraction of sp³-hybridized carbons (Fsp3) is 0.914. The van der Waals surface area contributed by atoms with Crippen LogP contribution >= 0.6 is 0 Å². The summed E-state index contributed by atoms with van der Waals surface area (Å²) in [6, 6.07) is -0.879. The summed E-state index contributed by atoms with van der Waals surface area (Å²) in [5, 5.41) is 0. The van der Waals surface area contributed by atoms with E-state index in [0.717, 1.165) is 51.4 Å². The zero-order valence-electron chi connectivity index (χ0n) is 27.4. The molecule has 2 atom stereocenters. The molecule has 0 fully saturated rings. The second kappa shape index (κ2) is 30.0. The molecule has 0 saturated carbocycles. The Labute approximate surface area is 253 Å². The molecule has 1 unspecified atom stereocenters. The van der Waals surface area contributed by atoms with E-state index in [2.05, 4.69) is 20.8 Å². The van der Waals surface area contributed by atoms with Gasteiger partial charge in [0.25, 0.3) is 0 Å². The van der Waals surface area contributed by atoms with E-state index in [1.165, 1.54) is 103 Å². The largest absolute Gasteiger partial charge is 0.461 e. The highest BCUT2D eigenvalue weighted by Crippen LogP contribution is 2.18. The molecule has 0 saturated heterocycles. The second-order valence-electron chi connectivity index (χ2n) is 12.1. The molecule has 0 amide bonds. The Kier molecular flexibility index (Phi) is 29.0. The molecule has 0 aromatic carbocycles. The third-order valence-corrected chi connectivity index (χ3v) is 7.97. The summed E-state index contributed by atoms with van der Waals surface area (Å²) in [5.41, 5.74) is 6.07. The lowest BCUT2D eigenvalue weighted by molar-refractivity contribution is -0.159. The molecule has 0 spiro atoms. The zero-order chi connectivity index (χ0) is 30.4. The molecule has 242 valence electrons. The SMILES string of the molecule is CCCCCCCCCCCC(=O)OC(=O)CC[C@H](N)C(=O)OC(CCCCCCCC)CCCCCCCCC. The molecule has 0 aromatic rings. The van der Waals surface area contributed by atoms with Gasteiger partial charge in [0.15, 0.2) is 0 Å². The van der Waals surface area contributed by atoms with Gasteiger partial charge in [0, 0.05) is 12.8 Å². The van der Waals surface area contributed by atoms with Crippen molar-refractivity contribution in [1.29, 1.82) is 0 Å². The van der Waals surface area contributed by atoms with Crippen LogP contribution in [0.3, 0.4) is 0 Å². The average molecular weight is 582 g/mol. The monoisotopic (exact) mass is 582 g/mol. The molecule has 0 rings (SSSR count). The number of hydrogen-bond acceptors (Lipinski definition) is 6. The van der Waals surface area contributed by atoms with E-state index in [1.807, 2.05) is 0 Å². The van der Waals surface area contributed by atoms with Gasteiger partial charge < -0.3 is 15.2 Å². The predicted octanol–water partition coefficient (Wildman–Crippen LogP) is 9.89. The summed E-state index contributed by atoms with van der Waals surface area (Å²) >= 11 is 0. The maximum absolute atomic E-state index is 12.7. The fourth-order valence-electron chi connectivity index (χ4n) is 5.20. The lowest BCUT2D eigenvalue weighted by Crippen LogP contribution is -2.35. The van der Waals surface area contributed by atoms with Gasteiger partial charge in [-0.05, 0) is 38.5 Å². The Balaban J connectivity index is 4.25. The maximum atomic E-state index is 12.7. The Morgan fingerprint density at radius 3 is 1.29 bits per heavy atom. The van der Waals surface area contributed by atoms with Crippen LogP contribution in [0.1, 0.15) is 194 Å². The van der Waals surface area contributed by atoms with Crippen LogP contribution in [-0.4, -0.2) is 30.1 Å². The molecule has 6 heteroatoms. The number of rotatable bonds is 30. The molecular formula is C35H67NO5. The van der Waals surface area contributed by atoms with Gasteiger partial charge in [-0.15, -0.1) is 0 Å². The minimum Gasteiger partial charge on any atom is -0.461 e. The first kappa shape index (κ1) is 39.6. The molecule has 0 aromatic heterocycles. The van der Waals surface area contributed by atoms with Crippen molar-refractivity contribution in [2.24, 2.45) is 5.73 Å². The summed E-state index contributed by atoms with van der Waals surface area (Å²) in [6.45, 7) is 6.67. The molecule has 0 bridgehead atoms. The van der Waals surface area contributed by atoms with Gasteiger partial charge in [-0.2, -0.15) is 0 Å². The quantitative estimate of drug-likeness (QED) is 0.0515. The molecule has 2 N–H and O–H groups in total. The van der Waals surface area contributed by atoms with Crippen LogP contribution in [0.15, 0.2) is 0 Å². The van der Waals surface area contributed by atoms with Gasteiger partial charge in [0.05, 0.1) is 0 Å². The third kappa shape index (κ3) is 27.2. The number of esters is 3. The topological polar surface area (TPSA) is 95.7 Å². The van der Waals surface area contributed by atoms with Gasteiger partial charge in [0.2, 0.25) is 0 Å². The molecule has 6 nitrogen and oxygen atoms in total. The third-order valence-electron chi connectivity index (χ3n) is 7.97. The van der Waals surface area contributed by atoms with Crippen LogP contribution in [0.5, 0.6) is 0 Å². The molecule has 0 aliphatic rings. The lowest BCUT2D eigenvalue weighted by Gasteiger charge is -2.20. The summed E-state index contributed by atoms with van der Waals surface area (Å²) in [4.78, 5) is 36.8. The normalized spacial score (nSPS) is 12.7. The van der Waals surface area contributed by atoms with E-state index < -0.39 is 23.9 Å². The highest BCUT2D eigenvalue weighted by molar-refractivity contribution is 5.85. The van der Waals surface area contributed by atoms with Crippen molar-refractivity contribution in [2.45, 2.75) is 206 Å². The van der Waals surface area contributed by atoms with E-state index in [0.29, 0.717) is 0 Å². The summed E-state index contributed by atoms with van der Waals surface area (Å²) in [6.07, 6.45) is 28.2. The van der Waals surface area contributed by atoms with E-state index in [4.69, 9.17) is 15.2 Å². The number of hydrogen-bond donors (Lipinski definition) is 1. The lowest BCUT2D eigenvalue weighted by atomic mass is 10.0. The summed E-state index contributed by atoms with van der Waals surface area (Å²) in [5.74, 6) is -1.54. The van der Waals surface area contributed by atoms with Gasteiger partial charge in [-0.3, -0.25) is 14.4 Å². The number of ether oxygens (including phenoxy) is 2. The molecule has 41 heavy (non-hydrogen) atoms. The van der Waals surface area contributed by atoms with Crippen molar-refractivity contribution in [2.75, 3.05) is 0 Å². The van der Waals surface area contributed by atoms with Crippen LogP contribution in [0, 0.1) is 0 Å². The van der Waals surface area contributed by atoms with Crippen LogP contribution < -0.4 is 5.73 Å². The molecule has 0 radical (unpaired) electrons. The Morgan fingerprint density at radius 2 is 0.854 bits per heavy atom. The zero-order valence-corrected chi connectivity index (χ0v) is 27.4. The number of unbranched alkanes of at least 4 members (excludes halogenated alkanes) is 19. The smallest absolute Gasteiger partial charge is 0.323 e. The van der Waals surface area contributed by atoms with E-state index in [-0.39, 0.29) is 25.4 Å². The minimum absolute atomic E-state index is 0.0559. The Hall–Kier alpha value is -1.43. The second-order valence-corrected chi connectivity index (χ2v) is 12.1. The van der Waals surface area contributed by atoms with Gasteiger partial charge in [-0.1, -0.05) is 143 Å². The van der Waals surface area contributed by atoms with E-state index in [9.17, 15) is 14.4 Å². The Morgan fingerprint density at radius 1 is 0.488 bits per heavy atom. The highest BCUT2D eigenvalue weighted by Gasteiger charge is 2.22. The number of carbonyl (C=O) groups is 3. The standard InChI is InChI=1S/C35H67NO5/c1-4-7-10-13-16-17-19-22-25-28-33(37)41-34(38)30-29-32(36)35(39)40-31(26-23-20-15-12-9-6-3)27-24-21-18-14-11-8-5-2/h31-32H,4-30,36H2,1-3H3/t31?,32-/m0/s1. The highest BCUT2D eigenvalue weighted by atomic mass is 16.6. The minimum atomic E-state index is -0.879. The first-order valence-electron chi connectivity index (χ1n) is 17.6. The first-order valence-corrected chi connectivity index (χ1v) is 17.6. The van der Waals surface area contributed by atoms with Crippen LogP contribution in [0.4, 0.5) is 0 Å². The predicted molar refractivity (Wildman–Crippen MR) is 171 cm³/mol. The van der Waals surface area contributed by atoms with Crippen molar-refractivity contribution in [3.8, 4) is 0 Å².